The summed E-state index contributed by atoms with van der Waals surface area (Å²) in [4.78, 5) is 10.9. The van der Waals surface area contributed by atoms with Crippen LogP contribution in [0.1, 0.15) is 13.3 Å². The highest BCUT2D eigenvalue weighted by atomic mass is 28.4. The Kier molecular flexibility index (Phi) is 8.06. The van der Waals surface area contributed by atoms with Crippen LogP contribution >= 0.6 is 0 Å². The minimum atomic E-state index is -2.51. The summed E-state index contributed by atoms with van der Waals surface area (Å²) in [6.45, 7) is 5.70. The molecule has 0 radical (unpaired) electrons. The third kappa shape index (κ3) is 5.97. The average molecular weight is 262 g/mol. The lowest BCUT2D eigenvalue weighted by molar-refractivity contribution is -0.138. The standard InChI is InChI=1S/C11H22O5Si/c1-6-11(12)16-9-10(2)7-8-17(13-3,14-4)15-5/h6,10H,1,7-9H2,2-5H3. The Bertz CT molecular complexity index is 232. The number of hydrogen-bond donors (Lipinski definition) is 0. The van der Waals surface area contributed by atoms with Crippen LogP contribution in [0.2, 0.25) is 6.04 Å². The van der Waals surface area contributed by atoms with Crippen molar-refractivity contribution in [3.63, 3.8) is 0 Å². The zero-order valence-electron chi connectivity index (χ0n) is 11.0. The Balaban J connectivity index is 4.00. The topological polar surface area (TPSA) is 54.0 Å². The van der Waals surface area contributed by atoms with Crippen LogP contribution in [-0.2, 0) is 22.8 Å². The Morgan fingerprint density at radius 1 is 1.29 bits per heavy atom. The summed E-state index contributed by atoms with van der Waals surface area (Å²) < 4.78 is 20.9. The fourth-order valence-corrected chi connectivity index (χ4v) is 3.30. The molecule has 0 saturated heterocycles. The summed E-state index contributed by atoms with van der Waals surface area (Å²) in [7, 11) is 2.25. The Morgan fingerprint density at radius 3 is 2.24 bits per heavy atom. The molecule has 0 aliphatic carbocycles. The van der Waals surface area contributed by atoms with Gasteiger partial charge in [-0.15, -0.1) is 0 Å². The largest absolute Gasteiger partial charge is 0.500 e. The van der Waals surface area contributed by atoms with Crippen LogP contribution in [0.4, 0.5) is 0 Å². The van der Waals surface area contributed by atoms with Crippen molar-refractivity contribution in [1.29, 1.82) is 0 Å². The van der Waals surface area contributed by atoms with Gasteiger partial charge in [0, 0.05) is 33.4 Å². The number of ether oxygens (including phenoxy) is 1. The van der Waals surface area contributed by atoms with E-state index >= 15 is 0 Å². The van der Waals surface area contributed by atoms with Crippen molar-refractivity contribution in [2.45, 2.75) is 19.4 Å². The van der Waals surface area contributed by atoms with Gasteiger partial charge in [-0.25, -0.2) is 4.79 Å². The predicted molar refractivity (Wildman–Crippen MR) is 66.5 cm³/mol. The Labute approximate surface area is 104 Å². The van der Waals surface area contributed by atoms with E-state index in [4.69, 9.17) is 18.0 Å². The lowest BCUT2D eigenvalue weighted by Crippen LogP contribution is -2.43. The van der Waals surface area contributed by atoms with Gasteiger partial charge in [0.05, 0.1) is 6.61 Å². The molecular weight excluding hydrogens is 240 g/mol. The van der Waals surface area contributed by atoms with Gasteiger partial charge >= 0.3 is 14.8 Å². The van der Waals surface area contributed by atoms with Crippen molar-refractivity contribution in [3.05, 3.63) is 12.7 Å². The van der Waals surface area contributed by atoms with Gasteiger partial charge < -0.3 is 18.0 Å². The van der Waals surface area contributed by atoms with Crippen LogP contribution in [0.15, 0.2) is 12.7 Å². The first-order valence-corrected chi connectivity index (χ1v) is 7.41. The van der Waals surface area contributed by atoms with Crippen LogP contribution in [0.3, 0.4) is 0 Å². The molecule has 0 aliphatic heterocycles. The van der Waals surface area contributed by atoms with E-state index in [9.17, 15) is 4.79 Å². The maximum absolute atomic E-state index is 10.9. The molecular formula is C11H22O5Si. The van der Waals surface area contributed by atoms with Gasteiger partial charge in [0.1, 0.15) is 0 Å². The van der Waals surface area contributed by atoms with Gasteiger partial charge in [-0.1, -0.05) is 13.5 Å². The minimum Gasteiger partial charge on any atom is -0.462 e. The highest BCUT2D eigenvalue weighted by Crippen LogP contribution is 2.19. The van der Waals surface area contributed by atoms with Crippen molar-refractivity contribution in [2.75, 3.05) is 27.9 Å². The molecule has 1 unspecified atom stereocenters. The van der Waals surface area contributed by atoms with Gasteiger partial charge in [-0.2, -0.15) is 0 Å². The molecule has 0 saturated carbocycles. The van der Waals surface area contributed by atoms with Crippen LogP contribution in [-0.4, -0.2) is 42.7 Å². The molecule has 0 fully saturated rings. The van der Waals surface area contributed by atoms with Gasteiger partial charge in [0.2, 0.25) is 0 Å². The summed E-state index contributed by atoms with van der Waals surface area (Å²) in [5.41, 5.74) is 0. The molecule has 0 aromatic carbocycles. The first-order chi connectivity index (χ1) is 8.03. The van der Waals surface area contributed by atoms with Gasteiger partial charge in [0.25, 0.3) is 0 Å². The number of esters is 1. The van der Waals surface area contributed by atoms with Gasteiger partial charge in [-0.3, -0.25) is 0 Å². The first-order valence-electron chi connectivity index (χ1n) is 5.48. The summed E-state index contributed by atoms with van der Waals surface area (Å²) in [5, 5.41) is 0. The summed E-state index contributed by atoms with van der Waals surface area (Å²) >= 11 is 0. The summed E-state index contributed by atoms with van der Waals surface area (Å²) in [5.74, 6) is -0.170. The molecule has 0 aromatic rings. The zero-order chi connectivity index (χ0) is 13.3. The lowest BCUT2D eigenvalue weighted by Gasteiger charge is -2.25. The van der Waals surface area contributed by atoms with Crippen LogP contribution in [0.25, 0.3) is 0 Å². The average Bonchev–Trinajstić information content (AvgIpc) is 2.38. The van der Waals surface area contributed by atoms with Gasteiger partial charge in [-0.05, 0) is 12.3 Å². The highest BCUT2D eigenvalue weighted by Gasteiger charge is 2.37. The molecule has 0 N–H and O–H groups in total. The molecule has 0 amide bonds. The maximum atomic E-state index is 10.9. The van der Waals surface area contributed by atoms with Crippen molar-refractivity contribution >= 4 is 14.8 Å². The molecule has 100 valence electrons. The SMILES string of the molecule is C=CC(=O)OCC(C)CC[Si](OC)(OC)OC. The molecule has 0 aromatic heterocycles. The van der Waals surface area contributed by atoms with Crippen molar-refractivity contribution in [3.8, 4) is 0 Å². The molecule has 0 bridgehead atoms. The van der Waals surface area contributed by atoms with Crippen molar-refractivity contribution in [1.82, 2.24) is 0 Å². The molecule has 17 heavy (non-hydrogen) atoms. The summed E-state index contributed by atoms with van der Waals surface area (Å²) in [6, 6.07) is 0.698. The molecule has 0 heterocycles. The smallest absolute Gasteiger partial charge is 0.462 e. The van der Waals surface area contributed by atoms with E-state index in [0.717, 1.165) is 12.5 Å². The maximum Gasteiger partial charge on any atom is 0.500 e. The molecule has 6 heteroatoms. The Morgan fingerprint density at radius 2 is 1.82 bits per heavy atom. The van der Waals surface area contributed by atoms with E-state index in [1.165, 1.54) is 0 Å². The molecule has 0 aliphatic rings. The van der Waals surface area contributed by atoms with E-state index in [-0.39, 0.29) is 5.92 Å². The zero-order valence-corrected chi connectivity index (χ0v) is 12.0. The van der Waals surface area contributed by atoms with E-state index < -0.39 is 14.8 Å². The molecule has 5 nitrogen and oxygen atoms in total. The van der Waals surface area contributed by atoms with E-state index in [2.05, 4.69) is 6.58 Å². The fraction of sp³-hybridized carbons (Fsp3) is 0.727. The van der Waals surface area contributed by atoms with Crippen LogP contribution in [0, 0.1) is 5.92 Å². The normalized spacial score (nSPS) is 13.2. The van der Waals surface area contributed by atoms with E-state index in [1.807, 2.05) is 6.92 Å². The van der Waals surface area contributed by atoms with Crippen molar-refractivity contribution in [2.24, 2.45) is 5.92 Å². The molecule has 0 rings (SSSR count). The Hall–Kier alpha value is -0.693. The van der Waals surface area contributed by atoms with Crippen LogP contribution < -0.4 is 0 Å². The quantitative estimate of drug-likeness (QED) is 0.359. The predicted octanol–water partition coefficient (Wildman–Crippen LogP) is 1.62. The molecule has 1 atom stereocenters. The summed E-state index contributed by atoms with van der Waals surface area (Å²) in [6.07, 6.45) is 1.97. The third-order valence-corrected chi connectivity index (χ3v) is 5.32. The highest BCUT2D eigenvalue weighted by molar-refractivity contribution is 6.60. The third-order valence-electron chi connectivity index (χ3n) is 2.55. The number of rotatable bonds is 9. The fourth-order valence-electron chi connectivity index (χ4n) is 1.35. The monoisotopic (exact) mass is 262 g/mol. The number of carbonyl (C=O) groups excluding carboxylic acids is 1. The number of hydrogen-bond acceptors (Lipinski definition) is 5. The molecule has 0 spiro atoms. The number of carbonyl (C=O) groups is 1. The van der Waals surface area contributed by atoms with E-state index in [1.54, 1.807) is 21.3 Å². The van der Waals surface area contributed by atoms with E-state index in [0.29, 0.717) is 12.7 Å². The second-order valence-electron chi connectivity index (χ2n) is 3.77. The van der Waals surface area contributed by atoms with Gasteiger partial charge in [0.15, 0.2) is 0 Å². The lowest BCUT2D eigenvalue weighted by atomic mass is 10.1. The first kappa shape index (κ1) is 16.3. The second kappa shape index (κ2) is 8.41. The van der Waals surface area contributed by atoms with Crippen LogP contribution in [0.5, 0.6) is 0 Å². The minimum absolute atomic E-state index is 0.228. The van der Waals surface area contributed by atoms with Crippen molar-refractivity contribution < 1.29 is 22.8 Å². The second-order valence-corrected chi connectivity index (χ2v) is 6.86.